The lowest BCUT2D eigenvalue weighted by atomic mass is 9.96. The van der Waals surface area contributed by atoms with Crippen molar-refractivity contribution in [3.63, 3.8) is 0 Å². The fourth-order valence-electron chi connectivity index (χ4n) is 4.49. The molecule has 0 fully saturated rings. The lowest BCUT2D eigenvalue weighted by molar-refractivity contribution is 0.296. The summed E-state index contributed by atoms with van der Waals surface area (Å²) in [7, 11) is -1.36. The van der Waals surface area contributed by atoms with Crippen LogP contribution < -0.4 is 27.5 Å². The number of hydrogen-bond acceptors (Lipinski definition) is 10. The Morgan fingerprint density at radius 1 is 0.659 bits per heavy atom. The summed E-state index contributed by atoms with van der Waals surface area (Å²) in [6.07, 6.45) is 1.84. The van der Waals surface area contributed by atoms with Gasteiger partial charge in [0.2, 0.25) is 0 Å². The van der Waals surface area contributed by atoms with Gasteiger partial charge in [-0.3, -0.25) is 0 Å². The van der Waals surface area contributed by atoms with Gasteiger partial charge in [-0.05, 0) is 53.9 Å². The highest BCUT2D eigenvalue weighted by atomic mass is 32.2. The Morgan fingerprint density at radius 3 is 1.82 bits per heavy atom. The van der Waals surface area contributed by atoms with Crippen molar-refractivity contribution in [3.8, 4) is 51.0 Å². The molecule has 0 heterocycles. The molecule has 0 atom stereocenters. The van der Waals surface area contributed by atoms with Crippen LogP contribution in [0.1, 0.15) is 11.1 Å². The normalized spacial score (nSPS) is 11.5. The second kappa shape index (κ2) is 13.1. The van der Waals surface area contributed by atoms with Crippen molar-refractivity contribution >= 4 is 25.9 Å². The minimum Gasteiger partial charge on any atom is -0.496 e. The van der Waals surface area contributed by atoms with E-state index >= 15 is 0 Å². The van der Waals surface area contributed by atoms with E-state index in [1.807, 2.05) is 74.4 Å². The lowest BCUT2D eigenvalue weighted by Gasteiger charge is -2.21. The van der Waals surface area contributed by atoms with Crippen molar-refractivity contribution in [1.82, 2.24) is 0 Å². The molecule has 0 amide bonds. The molecule has 12 heteroatoms. The molecule has 44 heavy (non-hydrogen) atoms. The average Bonchev–Trinajstić information content (AvgIpc) is 2.95. The molecule has 234 valence electrons. The van der Waals surface area contributed by atoms with Crippen LogP contribution in [0.5, 0.6) is 28.7 Å². The van der Waals surface area contributed by atoms with Gasteiger partial charge >= 0.3 is 20.2 Å². The minimum atomic E-state index is -4.07. The zero-order valence-electron chi connectivity index (χ0n) is 25.6. The third kappa shape index (κ3) is 7.94. The molecule has 10 nitrogen and oxygen atoms in total. The second-order valence-electron chi connectivity index (χ2n) is 10.3. The SMILES string of the molecule is COc1cc(-c2ccc(N(C)C)cc2)c(OC)c(OS(C)(=O)=O)c1-c1ccc(OCc2ccc(C)cc2)c(OS(C)(=O)=O)c1. The molecule has 0 saturated carbocycles. The Bertz CT molecular complexity index is 1850. The molecule has 0 radical (unpaired) electrons. The van der Waals surface area contributed by atoms with E-state index in [0.29, 0.717) is 11.1 Å². The summed E-state index contributed by atoms with van der Waals surface area (Å²) in [6, 6.07) is 21.5. The van der Waals surface area contributed by atoms with E-state index in [-0.39, 0.29) is 40.9 Å². The number of nitrogens with zero attached hydrogens (tertiary/aromatic N) is 1. The Hall–Kier alpha value is -4.42. The second-order valence-corrected chi connectivity index (χ2v) is 13.5. The minimum absolute atomic E-state index is 0.105. The number of methoxy groups -OCH3 is 2. The topological polar surface area (TPSA) is 118 Å². The summed E-state index contributed by atoms with van der Waals surface area (Å²) in [6.45, 7) is 2.13. The van der Waals surface area contributed by atoms with Crippen LogP contribution in [0, 0.1) is 6.92 Å². The van der Waals surface area contributed by atoms with E-state index in [0.717, 1.165) is 34.9 Å². The van der Waals surface area contributed by atoms with Gasteiger partial charge in [0.1, 0.15) is 12.4 Å². The van der Waals surface area contributed by atoms with Crippen molar-refractivity contribution in [2.24, 2.45) is 0 Å². The average molecular weight is 642 g/mol. The van der Waals surface area contributed by atoms with E-state index < -0.39 is 20.2 Å². The van der Waals surface area contributed by atoms with E-state index in [4.69, 9.17) is 22.6 Å². The van der Waals surface area contributed by atoms with Crippen LogP contribution in [-0.2, 0) is 26.8 Å². The predicted molar refractivity (Wildman–Crippen MR) is 171 cm³/mol. The standard InChI is InChI=1S/C32H35NO9S2/c1-21-8-10-22(11-9-21)20-40-27-17-14-24(18-28(27)41-43(6,34)35)30-29(38-4)19-26(23-12-15-25(16-13-23)33(2)3)31(39-5)32(30)42-44(7,36)37/h8-19H,20H2,1-7H3. The molecule has 4 rings (SSSR count). The zero-order chi connectivity index (χ0) is 32.2. The number of anilines is 1. The Kier molecular flexibility index (Phi) is 9.65. The third-order valence-corrected chi connectivity index (χ3v) is 7.49. The van der Waals surface area contributed by atoms with Crippen LogP contribution in [0.25, 0.3) is 22.3 Å². The predicted octanol–water partition coefficient (Wildman–Crippen LogP) is 5.67. The zero-order valence-corrected chi connectivity index (χ0v) is 27.2. The van der Waals surface area contributed by atoms with Gasteiger partial charge in [0, 0.05) is 25.3 Å². The first-order valence-corrected chi connectivity index (χ1v) is 17.0. The van der Waals surface area contributed by atoms with Crippen molar-refractivity contribution in [2.75, 3.05) is 45.7 Å². The smallest absolute Gasteiger partial charge is 0.306 e. The molecule has 0 spiro atoms. The summed E-state index contributed by atoms with van der Waals surface area (Å²) in [5, 5.41) is 0. The summed E-state index contributed by atoms with van der Waals surface area (Å²) in [5.74, 6) is 0.296. The highest BCUT2D eigenvalue weighted by molar-refractivity contribution is 7.86. The maximum Gasteiger partial charge on any atom is 0.306 e. The monoisotopic (exact) mass is 641 g/mol. The Morgan fingerprint density at radius 2 is 1.27 bits per heavy atom. The van der Waals surface area contributed by atoms with Gasteiger partial charge in [-0.2, -0.15) is 16.8 Å². The van der Waals surface area contributed by atoms with Crippen LogP contribution in [0.2, 0.25) is 0 Å². The summed E-state index contributed by atoms with van der Waals surface area (Å²) in [5.41, 5.74) is 4.69. The maximum absolute atomic E-state index is 12.5. The fourth-order valence-corrected chi connectivity index (χ4v) is 5.41. The fraction of sp³-hybridized carbons (Fsp3) is 0.250. The molecular formula is C32H35NO9S2. The quantitative estimate of drug-likeness (QED) is 0.179. The van der Waals surface area contributed by atoms with Gasteiger partial charge in [0.05, 0.1) is 32.3 Å². The first kappa shape index (κ1) is 32.5. The van der Waals surface area contributed by atoms with E-state index in [9.17, 15) is 16.8 Å². The Balaban J connectivity index is 1.91. The molecule has 0 aliphatic heterocycles. The summed E-state index contributed by atoms with van der Waals surface area (Å²) in [4.78, 5) is 1.95. The summed E-state index contributed by atoms with van der Waals surface area (Å²) < 4.78 is 77.8. The lowest BCUT2D eigenvalue weighted by Crippen LogP contribution is -2.10. The number of ether oxygens (including phenoxy) is 3. The number of hydrogen-bond donors (Lipinski definition) is 0. The van der Waals surface area contributed by atoms with Gasteiger partial charge in [-0.25, -0.2) is 0 Å². The van der Waals surface area contributed by atoms with Crippen molar-refractivity contribution in [1.29, 1.82) is 0 Å². The molecule has 0 N–H and O–H groups in total. The van der Waals surface area contributed by atoms with E-state index in [2.05, 4.69) is 0 Å². The van der Waals surface area contributed by atoms with Gasteiger partial charge in [-0.1, -0.05) is 48.0 Å². The maximum atomic E-state index is 12.5. The van der Waals surface area contributed by atoms with Crippen LogP contribution in [0.4, 0.5) is 5.69 Å². The molecule has 0 saturated heterocycles. The van der Waals surface area contributed by atoms with Crippen LogP contribution in [-0.4, -0.2) is 57.7 Å². The summed E-state index contributed by atoms with van der Waals surface area (Å²) >= 11 is 0. The Labute approximate surface area is 259 Å². The van der Waals surface area contributed by atoms with Crippen molar-refractivity contribution in [3.05, 3.63) is 83.9 Å². The van der Waals surface area contributed by atoms with E-state index in [1.54, 1.807) is 12.1 Å². The number of benzene rings is 4. The van der Waals surface area contributed by atoms with Gasteiger partial charge in [0.15, 0.2) is 23.0 Å². The molecule has 4 aromatic carbocycles. The highest BCUT2D eigenvalue weighted by Gasteiger charge is 2.27. The molecule has 4 aromatic rings. The first-order chi connectivity index (χ1) is 20.7. The van der Waals surface area contributed by atoms with E-state index in [1.165, 1.54) is 26.4 Å². The van der Waals surface area contributed by atoms with Gasteiger partial charge in [-0.15, -0.1) is 0 Å². The molecule has 0 aliphatic rings. The van der Waals surface area contributed by atoms with Crippen molar-refractivity contribution < 1.29 is 39.4 Å². The third-order valence-electron chi connectivity index (χ3n) is 6.54. The number of rotatable bonds is 12. The number of aryl methyl sites for hydroxylation is 1. The molecule has 0 bridgehead atoms. The van der Waals surface area contributed by atoms with Gasteiger partial charge < -0.3 is 27.5 Å². The van der Waals surface area contributed by atoms with Crippen LogP contribution >= 0.6 is 0 Å². The van der Waals surface area contributed by atoms with Crippen LogP contribution in [0.3, 0.4) is 0 Å². The first-order valence-electron chi connectivity index (χ1n) is 13.4. The van der Waals surface area contributed by atoms with Crippen LogP contribution in [0.15, 0.2) is 72.8 Å². The molecule has 0 aromatic heterocycles. The highest BCUT2D eigenvalue weighted by Crippen LogP contribution is 2.51. The largest absolute Gasteiger partial charge is 0.496 e. The molecular weight excluding hydrogens is 606 g/mol. The molecule has 0 aliphatic carbocycles. The molecule has 0 unspecified atom stereocenters. The van der Waals surface area contributed by atoms with Crippen molar-refractivity contribution in [2.45, 2.75) is 13.5 Å². The van der Waals surface area contributed by atoms with Gasteiger partial charge in [0.25, 0.3) is 0 Å².